The number of sulfonamides is 1. The number of morpholine rings is 1. The molecule has 0 aliphatic carbocycles. The minimum absolute atomic E-state index is 0.183. The molecule has 0 bridgehead atoms. The number of benzene rings is 1. The normalized spacial score (nSPS) is 18.6. The molecular formula is C13H20BrN3O3S. The predicted octanol–water partition coefficient (Wildman–Crippen LogP) is 1.03. The summed E-state index contributed by atoms with van der Waals surface area (Å²) in [5, 5.41) is 0. The summed E-state index contributed by atoms with van der Waals surface area (Å²) in [6, 6.07) is 4.48. The maximum Gasteiger partial charge on any atom is 0.241 e. The summed E-state index contributed by atoms with van der Waals surface area (Å²) < 4.78 is 33.2. The Morgan fingerprint density at radius 2 is 2.10 bits per heavy atom. The highest BCUT2D eigenvalue weighted by molar-refractivity contribution is 9.10. The molecule has 1 aliphatic heterocycles. The van der Waals surface area contributed by atoms with Crippen LogP contribution in [0.4, 0.5) is 5.69 Å². The standard InChI is InChI=1S/C13H20BrN3O3S/c1-10(9-17-4-6-20-7-5-17)16-21(18,19)13-3-2-11(15)8-12(13)14/h2-3,8,10,16H,4-7,9,15H2,1H3. The maximum atomic E-state index is 12.4. The first-order chi connectivity index (χ1) is 9.88. The van der Waals surface area contributed by atoms with Gasteiger partial charge in [-0.05, 0) is 41.1 Å². The topological polar surface area (TPSA) is 84.7 Å². The maximum absolute atomic E-state index is 12.4. The van der Waals surface area contributed by atoms with E-state index in [1.807, 2.05) is 6.92 Å². The number of nitrogens with two attached hydrogens (primary N) is 1. The number of halogens is 1. The minimum atomic E-state index is -3.57. The van der Waals surface area contributed by atoms with Gasteiger partial charge in [0, 0.05) is 35.8 Å². The monoisotopic (exact) mass is 377 g/mol. The minimum Gasteiger partial charge on any atom is -0.399 e. The summed E-state index contributed by atoms with van der Waals surface area (Å²) in [6.45, 7) is 5.58. The summed E-state index contributed by atoms with van der Waals surface area (Å²) in [5.41, 5.74) is 6.15. The molecule has 1 heterocycles. The van der Waals surface area contributed by atoms with Gasteiger partial charge in [0.2, 0.25) is 10.0 Å². The van der Waals surface area contributed by atoms with Crippen LogP contribution in [0, 0.1) is 0 Å². The van der Waals surface area contributed by atoms with Crippen LogP contribution in [0.15, 0.2) is 27.6 Å². The molecule has 0 aromatic heterocycles. The largest absolute Gasteiger partial charge is 0.399 e. The van der Waals surface area contributed by atoms with E-state index in [4.69, 9.17) is 10.5 Å². The van der Waals surface area contributed by atoms with Crippen LogP contribution in [-0.4, -0.2) is 52.2 Å². The van der Waals surface area contributed by atoms with E-state index in [1.54, 1.807) is 12.1 Å². The Morgan fingerprint density at radius 3 is 2.71 bits per heavy atom. The van der Waals surface area contributed by atoms with Crippen molar-refractivity contribution in [2.24, 2.45) is 0 Å². The van der Waals surface area contributed by atoms with Crippen LogP contribution in [0.5, 0.6) is 0 Å². The first-order valence-electron chi connectivity index (χ1n) is 6.76. The van der Waals surface area contributed by atoms with Crippen molar-refractivity contribution in [2.75, 3.05) is 38.6 Å². The van der Waals surface area contributed by atoms with Gasteiger partial charge in [0.05, 0.1) is 18.1 Å². The molecule has 1 fully saturated rings. The van der Waals surface area contributed by atoms with Crippen LogP contribution in [0.2, 0.25) is 0 Å². The van der Waals surface area contributed by atoms with E-state index in [1.165, 1.54) is 6.07 Å². The number of ether oxygens (including phenoxy) is 1. The SMILES string of the molecule is CC(CN1CCOCC1)NS(=O)(=O)c1ccc(N)cc1Br. The van der Waals surface area contributed by atoms with Gasteiger partial charge in [-0.15, -0.1) is 0 Å². The van der Waals surface area contributed by atoms with E-state index >= 15 is 0 Å². The van der Waals surface area contributed by atoms with Gasteiger partial charge in [-0.1, -0.05) is 0 Å². The van der Waals surface area contributed by atoms with Crippen molar-refractivity contribution in [3.05, 3.63) is 22.7 Å². The molecule has 1 unspecified atom stereocenters. The van der Waals surface area contributed by atoms with E-state index in [-0.39, 0.29) is 10.9 Å². The van der Waals surface area contributed by atoms with E-state index < -0.39 is 10.0 Å². The van der Waals surface area contributed by atoms with E-state index in [2.05, 4.69) is 25.6 Å². The average molecular weight is 378 g/mol. The summed E-state index contributed by atoms with van der Waals surface area (Å²) in [5.74, 6) is 0. The van der Waals surface area contributed by atoms with Crippen LogP contribution < -0.4 is 10.5 Å². The second-order valence-corrected chi connectivity index (χ2v) is 7.66. The van der Waals surface area contributed by atoms with Gasteiger partial charge in [-0.3, -0.25) is 4.90 Å². The Balaban J connectivity index is 2.02. The van der Waals surface area contributed by atoms with Gasteiger partial charge in [-0.25, -0.2) is 13.1 Å². The Hall–Kier alpha value is -0.670. The summed E-state index contributed by atoms with van der Waals surface area (Å²) in [7, 11) is -3.57. The lowest BCUT2D eigenvalue weighted by Crippen LogP contribution is -2.45. The average Bonchev–Trinajstić information content (AvgIpc) is 2.38. The molecule has 1 saturated heterocycles. The van der Waals surface area contributed by atoms with E-state index in [0.29, 0.717) is 29.9 Å². The molecule has 6 nitrogen and oxygen atoms in total. The molecule has 8 heteroatoms. The molecule has 2 rings (SSSR count). The van der Waals surface area contributed by atoms with Crippen molar-refractivity contribution in [3.8, 4) is 0 Å². The Bertz CT molecular complexity index is 588. The number of nitrogen functional groups attached to an aromatic ring is 1. The van der Waals surface area contributed by atoms with Gasteiger partial charge in [0.25, 0.3) is 0 Å². The molecule has 0 saturated carbocycles. The fraction of sp³-hybridized carbons (Fsp3) is 0.538. The summed E-state index contributed by atoms with van der Waals surface area (Å²) in [6.07, 6.45) is 0. The van der Waals surface area contributed by atoms with Crippen molar-refractivity contribution in [1.82, 2.24) is 9.62 Å². The first-order valence-corrected chi connectivity index (χ1v) is 9.03. The van der Waals surface area contributed by atoms with Gasteiger partial charge in [0.1, 0.15) is 0 Å². The third kappa shape index (κ3) is 4.65. The molecule has 1 aliphatic rings. The van der Waals surface area contributed by atoms with Crippen LogP contribution in [0.3, 0.4) is 0 Å². The molecule has 0 amide bonds. The van der Waals surface area contributed by atoms with Crippen LogP contribution in [-0.2, 0) is 14.8 Å². The van der Waals surface area contributed by atoms with Crippen molar-refractivity contribution in [2.45, 2.75) is 17.9 Å². The third-order valence-electron chi connectivity index (χ3n) is 3.24. The van der Waals surface area contributed by atoms with Crippen molar-refractivity contribution in [3.63, 3.8) is 0 Å². The fourth-order valence-corrected chi connectivity index (χ4v) is 4.60. The number of rotatable bonds is 5. The third-order valence-corrected chi connectivity index (χ3v) is 5.80. The number of nitrogens with one attached hydrogen (secondary N) is 1. The van der Waals surface area contributed by atoms with Crippen LogP contribution in [0.1, 0.15) is 6.92 Å². The number of nitrogens with zero attached hydrogens (tertiary/aromatic N) is 1. The van der Waals surface area contributed by atoms with Crippen LogP contribution in [0.25, 0.3) is 0 Å². The van der Waals surface area contributed by atoms with Crippen molar-refractivity contribution < 1.29 is 13.2 Å². The van der Waals surface area contributed by atoms with Gasteiger partial charge >= 0.3 is 0 Å². The van der Waals surface area contributed by atoms with E-state index in [0.717, 1.165) is 13.1 Å². The van der Waals surface area contributed by atoms with Gasteiger partial charge in [0.15, 0.2) is 0 Å². The second-order valence-electron chi connectivity index (χ2n) is 5.13. The van der Waals surface area contributed by atoms with Gasteiger partial charge < -0.3 is 10.5 Å². The Labute approximate surface area is 133 Å². The highest BCUT2D eigenvalue weighted by Crippen LogP contribution is 2.24. The van der Waals surface area contributed by atoms with Crippen molar-refractivity contribution >= 4 is 31.6 Å². The molecular weight excluding hydrogens is 358 g/mol. The lowest BCUT2D eigenvalue weighted by atomic mass is 10.3. The lowest BCUT2D eigenvalue weighted by Gasteiger charge is -2.29. The molecule has 0 radical (unpaired) electrons. The zero-order valence-corrected chi connectivity index (χ0v) is 14.3. The molecule has 3 N–H and O–H groups in total. The molecule has 118 valence electrons. The molecule has 1 aromatic rings. The van der Waals surface area contributed by atoms with Crippen molar-refractivity contribution in [1.29, 1.82) is 0 Å². The summed E-state index contributed by atoms with van der Waals surface area (Å²) >= 11 is 3.25. The Kier molecular flexibility index (Phi) is 5.61. The second kappa shape index (κ2) is 7.06. The van der Waals surface area contributed by atoms with E-state index in [9.17, 15) is 8.42 Å². The zero-order chi connectivity index (χ0) is 15.5. The number of hydrogen-bond donors (Lipinski definition) is 2. The predicted molar refractivity (Wildman–Crippen MR) is 85.6 cm³/mol. The molecule has 0 spiro atoms. The zero-order valence-electron chi connectivity index (χ0n) is 11.9. The quantitative estimate of drug-likeness (QED) is 0.748. The fourth-order valence-electron chi connectivity index (χ4n) is 2.27. The summed E-state index contributed by atoms with van der Waals surface area (Å²) in [4.78, 5) is 2.39. The van der Waals surface area contributed by atoms with Gasteiger partial charge in [-0.2, -0.15) is 0 Å². The smallest absolute Gasteiger partial charge is 0.241 e. The molecule has 21 heavy (non-hydrogen) atoms. The number of anilines is 1. The van der Waals surface area contributed by atoms with Crippen LogP contribution >= 0.6 is 15.9 Å². The highest BCUT2D eigenvalue weighted by atomic mass is 79.9. The lowest BCUT2D eigenvalue weighted by molar-refractivity contribution is 0.0354. The molecule has 1 aromatic carbocycles. The highest BCUT2D eigenvalue weighted by Gasteiger charge is 2.22. The first kappa shape index (κ1) is 16.7. The Morgan fingerprint density at radius 1 is 1.43 bits per heavy atom. The molecule has 1 atom stereocenters. The number of hydrogen-bond acceptors (Lipinski definition) is 5.